The molecule has 2 N–H and O–H groups in total. The molecule has 1 atom stereocenters. The minimum Gasteiger partial charge on any atom is -0.497 e. The van der Waals surface area contributed by atoms with Gasteiger partial charge in [0, 0.05) is 43.7 Å². The van der Waals surface area contributed by atoms with E-state index in [1.165, 1.54) is 0 Å². The molecule has 1 aliphatic heterocycles. The number of methoxy groups -OCH3 is 3. The Morgan fingerprint density at radius 2 is 1.86 bits per heavy atom. The molecule has 5 rings (SSSR count). The molecule has 1 saturated heterocycles. The molecule has 10 nitrogen and oxygen atoms in total. The number of rotatable bonds is 8. The molecule has 1 fully saturated rings. The van der Waals surface area contributed by atoms with Crippen LogP contribution in [-0.2, 0) is 13.1 Å². The highest BCUT2D eigenvalue weighted by molar-refractivity contribution is 5.95. The largest absolute Gasteiger partial charge is 0.497 e. The molecule has 0 spiro atoms. The normalized spacial score (nSPS) is 16.5. The van der Waals surface area contributed by atoms with Crippen LogP contribution in [0.5, 0.6) is 17.2 Å². The number of nitrogens with zero attached hydrogens (tertiary/aromatic N) is 5. The zero-order valence-corrected chi connectivity index (χ0v) is 20.5. The van der Waals surface area contributed by atoms with E-state index in [2.05, 4.69) is 22.5 Å². The number of ether oxygens (including phenoxy) is 3. The molecule has 0 bridgehead atoms. The first-order valence-electron chi connectivity index (χ1n) is 11.7. The van der Waals surface area contributed by atoms with Crippen molar-refractivity contribution in [2.45, 2.75) is 26.1 Å². The maximum atomic E-state index is 5.60. The number of nitrogens with one attached hydrogen (secondary N) is 2. The molecule has 0 aliphatic carbocycles. The molecule has 2 aromatic heterocycles. The van der Waals surface area contributed by atoms with Crippen LogP contribution in [0.3, 0.4) is 0 Å². The maximum absolute atomic E-state index is 5.60. The van der Waals surface area contributed by atoms with E-state index in [-0.39, 0.29) is 0 Å². The minimum absolute atomic E-state index is 0.422. The van der Waals surface area contributed by atoms with Crippen LogP contribution in [0, 0.1) is 0 Å². The molecular formula is C25H31N7O3. The Labute approximate surface area is 204 Å². The monoisotopic (exact) mass is 477 g/mol. The lowest BCUT2D eigenvalue weighted by Crippen LogP contribution is -2.49. The van der Waals surface area contributed by atoms with Crippen molar-refractivity contribution in [2.24, 2.45) is 0 Å². The van der Waals surface area contributed by atoms with Crippen LogP contribution in [0.25, 0.3) is 16.6 Å². The second-order valence-corrected chi connectivity index (χ2v) is 8.65. The predicted molar refractivity (Wildman–Crippen MR) is 134 cm³/mol. The summed E-state index contributed by atoms with van der Waals surface area (Å²) in [6, 6.07) is 12.1. The Bertz CT molecular complexity index is 1320. The van der Waals surface area contributed by atoms with Crippen molar-refractivity contribution in [1.82, 2.24) is 29.8 Å². The number of hydrogen-bond acceptors (Lipinski definition) is 9. The van der Waals surface area contributed by atoms with E-state index >= 15 is 0 Å². The fourth-order valence-electron chi connectivity index (χ4n) is 4.44. The molecule has 1 aliphatic rings. The quantitative estimate of drug-likeness (QED) is 0.397. The van der Waals surface area contributed by atoms with Crippen LogP contribution >= 0.6 is 0 Å². The van der Waals surface area contributed by atoms with E-state index in [4.69, 9.17) is 29.3 Å². The summed E-state index contributed by atoms with van der Waals surface area (Å²) in [6.45, 7) is 6.30. The zero-order valence-electron chi connectivity index (χ0n) is 20.5. The Morgan fingerprint density at radius 3 is 2.57 bits per heavy atom. The van der Waals surface area contributed by atoms with Gasteiger partial charge in [-0.3, -0.25) is 4.90 Å². The smallest absolute Gasteiger partial charge is 0.226 e. The maximum Gasteiger partial charge on any atom is 0.226 e. The number of hydrogen-bond donors (Lipinski definition) is 2. The second kappa shape index (κ2) is 9.93. The fourth-order valence-corrected chi connectivity index (χ4v) is 4.44. The molecule has 10 heteroatoms. The topological polar surface area (TPSA) is 98.1 Å². The van der Waals surface area contributed by atoms with Crippen LogP contribution in [0.1, 0.15) is 18.3 Å². The van der Waals surface area contributed by atoms with E-state index in [9.17, 15) is 0 Å². The van der Waals surface area contributed by atoms with Gasteiger partial charge in [0.15, 0.2) is 11.5 Å². The lowest BCUT2D eigenvalue weighted by Gasteiger charge is -2.32. The SMILES string of the molecule is COc1cc(CNc2nc3c(OC)cccc3c3nc(CN4CCNCC4C)nn23)cc(OC)c1. The molecule has 184 valence electrons. The summed E-state index contributed by atoms with van der Waals surface area (Å²) < 4.78 is 18.2. The number of anilines is 1. The number of piperazine rings is 1. The minimum atomic E-state index is 0.422. The summed E-state index contributed by atoms with van der Waals surface area (Å²) in [5, 5.41) is 12.6. The average Bonchev–Trinajstić information content (AvgIpc) is 3.32. The summed E-state index contributed by atoms with van der Waals surface area (Å²) >= 11 is 0. The van der Waals surface area contributed by atoms with Gasteiger partial charge < -0.3 is 24.8 Å². The van der Waals surface area contributed by atoms with E-state index in [0.29, 0.717) is 30.8 Å². The number of para-hydroxylation sites is 1. The summed E-state index contributed by atoms with van der Waals surface area (Å²) in [6.07, 6.45) is 0. The Kier molecular flexibility index (Phi) is 6.56. The number of aromatic nitrogens is 4. The molecule has 35 heavy (non-hydrogen) atoms. The van der Waals surface area contributed by atoms with Crippen molar-refractivity contribution in [1.29, 1.82) is 0 Å². The summed E-state index contributed by atoms with van der Waals surface area (Å²) in [5.41, 5.74) is 2.48. The number of fused-ring (bicyclic) bond motifs is 3. The molecular weight excluding hydrogens is 446 g/mol. The van der Waals surface area contributed by atoms with Crippen molar-refractivity contribution in [3.05, 3.63) is 47.8 Å². The van der Waals surface area contributed by atoms with Gasteiger partial charge in [-0.05, 0) is 36.8 Å². The highest BCUT2D eigenvalue weighted by atomic mass is 16.5. The summed E-state index contributed by atoms with van der Waals surface area (Å²) in [4.78, 5) is 12.2. The van der Waals surface area contributed by atoms with Crippen LogP contribution in [0.2, 0.25) is 0 Å². The molecule has 4 aromatic rings. The van der Waals surface area contributed by atoms with Gasteiger partial charge in [-0.1, -0.05) is 6.07 Å². The molecule has 0 amide bonds. The van der Waals surface area contributed by atoms with Crippen LogP contribution in [-0.4, -0.2) is 71.5 Å². The van der Waals surface area contributed by atoms with Gasteiger partial charge in [-0.2, -0.15) is 4.52 Å². The lowest BCUT2D eigenvalue weighted by molar-refractivity contribution is 0.162. The molecule has 0 saturated carbocycles. The summed E-state index contributed by atoms with van der Waals surface area (Å²) in [7, 11) is 4.93. The van der Waals surface area contributed by atoms with Crippen LogP contribution in [0.4, 0.5) is 5.95 Å². The van der Waals surface area contributed by atoms with Gasteiger partial charge in [0.2, 0.25) is 5.95 Å². The van der Waals surface area contributed by atoms with Crippen molar-refractivity contribution >= 4 is 22.5 Å². The summed E-state index contributed by atoms with van der Waals surface area (Å²) in [5.74, 6) is 3.50. The van der Waals surface area contributed by atoms with Gasteiger partial charge in [-0.25, -0.2) is 9.97 Å². The standard InChI is InChI=1S/C25H31N7O3/c1-16-13-26-8-9-31(16)15-22-28-24-20-6-5-7-21(35-4)23(20)29-25(32(24)30-22)27-14-17-10-18(33-2)12-19(11-17)34-3/h5-7,10-12,16,26H,8-9,13-15H2,1-4H3,(H,27,29). The predicted octanol–water partition coefficient (Wildman–Crippen LogP) is 2.71. The zero-order chi connectivity index (χ0) is 24.4. The van der Waals surface area contributed by atoms with Crippen LogP contribution < -0.4 is 24.8 Å². The first-order chi connectivity index (χ1) is 17.1. The first kappa shape index (κ1) is 23.1. The fraction of sp³-hybridized carbons (Fsp3) is 0.400. The van der Waals surface area contributed by atoms with E-state index in [1.54, 1.807) is 25.8 Å². The van der Waals surface area contributed by atoms with Crippen LogP contribution in [0.15, 0.2) is 36.4 Å². The number of benzene rings is 2. The van der Waals surface area contributed by atoms with Gasteiger partial charge in [-0.15, -0.1) is 5.10 Å². The van der Waals surface area contributed by atoms with Crippen molar-refractivity contribution in [3.8, 4) is 17.2 Å². The lowest BCUT2D eigenvalue weighted by atomic mass is 10.2. The Hall–Kier alpha value is -3.63. The van der Waals surface area contributed by atoms with E-state index < -0.39 is 0 Å². The van der Waals surface area contributed by atoms with E-state index in [1.807, 2.05) is 36.4 Å². The van der Waals surface area contributed by atoms with Gasteiger partial charge >= 0.3 is 0 Å². The third-order valence-corrected chi connectivity index (χ3v) is 6.37. The van der Waals surface area contributed by atoms with Crippen molar-refractivity contribution in [2.75, 3.05) is 46.3 Å². The third-order valence-electron chi connectivity index (χ3n) is 6.37. The first-order valence-corrected chi connectivity index (χ1v) is 11.7. The van der Waals surface area contributed by atoms with Gasteiger partial charge in [0.05, 0.1) is 27.9 Å². The molecule has 3 heterocycles. The third kappa shape index (κ3) is 4.67. The highest BCUT2D eigenvalue weighted by Crippen LogP contribution is 2.29. The van der Waals surface area contributed by atoms with Gasteiger partial charge in [0.1, 0.15) is 22.8 Å². The average molecular weight is 478 g/mol. The van der Waals surface area contributed by atoms with E-state index in [0.717, 1.165) is 59.1 Å². The Balaban J connectivity index is 1.54. The highest BCUT2D eigenvalue weighted by Gasteiger charge is 2.21. The van der Waals surface area contributed by atoms with Gasteiger partial charge in [0.25, 0.3) is 0 Å². The second-order valence-electron chi connectivity index (χ2n) is 8.65. The molecule has 1 unspecified atom stereocenters. The van der Waals surface area contributed by atoms with Crippen molar-refractivity contribution < 1.29 is 14.2 Å². The molecule has 2 aromatic carbocycles. The van der Waals surface area contributed by atoms with Crippen molar-refractivity contribution in [3.63, 3.8) is 0 Å². The molecule has 0 radical (unpaired) electrons. The Morgan fingerprint density at radius 1 is 1.06 bits per heavy atom.